The Kier molecular flexibility index (Phi) is 3.79. The van der Waals surface area contributed by atoms with Gasteiger partial charge in [-0.05, 0) is 18.2 Å². The van der Waals surface area contributed by atoms with Gasteiger partial charge in [0.25, 0.3) is 0 Å². The highest BCUT2D eigenvalue weighted by atomic mass is 19.1. The first-order chi connectivity index (χ1) is 9.10. The Balaban J connectivity index is 2.23. The van der Waals surface area contributed by atoms with E-state index in [1.807, 2.05) is 0 Å². The van der Waals surface area contributed by atoms with Gasteiger partial charge in [0.2, 0.25) is 5.88 Å². The molecule has 0 aliphatic carbocycles. The van der Waals surface area contributed by atoms with Crippen molar-refractivity contribution >= 4 is 5.78 Å². The van der Waals surface area contributed by atoms with Gasteiger partial charge >= 0.3 is 0 Å². The Bertz CT molecular complexity index is 617. The van der Waals surface area contributed by atoms with Crippen molar-refractivity contribution < 1.29 is 18.3 Å². The van der Waals surface area contributed by atoms with Gasteiger partial charge in [0.15, 0.2) is 5.78 Å². The van der Waals surface area contributed by atoms with Crippen LogP contribution in [0.5, 0.6) is 5.88 Å². The predicted octanol–water partition coefficient (Wildman–Crippen LogP) is 2.19. The maximum Gasteiger partial charge on any atom is 0.216 e. The van der Waals surface area contributed by atoms with Gasteiger partial charge in [-0.25, -0.2) is 18.7 Å². The maximum atomic E-state index is 13.4. The van der Waals surface area contributed by atoms with Crippen LogP contribution in [0.3, 0.4) is 0 Å². The van der Waals surface area contributed by atoms with E-state index >= 15 is 0 Å². The lowest BCUT2D eigenvalue weighted by Crippen LogP contribution is -2.08. The van der Waals surface area contributed by atoms with E-state index in [4.69, 9.17) is 4.74 Å². The number of Topliss-reactive ketones (excluding diaryl/α,β-unsaturated/α-hetero) is 1. The van der Waals surface area contributed by atoms with Crippen LogP contribution < -0.4 is 4.74 Å². The molecule has 6 heteroatoms. The third kappa shape index (κ3) is 3.09. The van der Waals surface area contributed by atoms with Crippen molar-refractivity contribution in [3.63, 3.8) is 0 Å². The minimum Gasteiger partial charge on any atom is -0.481 e. The Morgan fingerprint density at radius 2 is 2.05 bits per heavy atom. The van der Waals surface area contributed by atoms with Crippen molar-refractivity contribution in [1.29, 1.82) is 0 Å². The molecule has 0 N–H and O–H groups in total. The van der Waals surface area contributed by atoms with Gasteiger partial charge in [-0.3, -0.25) is 4.79 Å². The largest absolute Gasteiger partial charge is 0.481 e. The number of carbonyl (C=O) groups excluding carboxylic acids is 1. The molecule has 0 radical (unpaired) electrons. The van der Waals surface area contributed by atoms with Gasteiger partial charge < -0.3 is 4.74 Å². The summed E-state index contributed by atoms with van der Waals surface area (Å²) in [6.45, 7) is 0. The molecule has 19 heavy (non-hydrogen) atoms. The number of ketones is 1. The molecule has 0 saturated carbocycles. The van der Waals surface area contributed by atoms with Gasteiger partial charge in [0.05, 0.1) is 24.8 Å². The molecule has 0 spiro atoms. The van der Waals surface area contributed by atoms with Crippen LogP contribution in [-0.4, -0.2) is 22.9 Å². The van der Waals surface area contributed by atoms with Crippen molar-refractivity contribution in [2.75, 3.05) is 7.11 Å². The molecular formula is C13H10F2N2O2. The summed E-state index contributed by atoms with van der Waals surface area (Å²) in [5.74, 6) is -1.67. The van der Waals surface area contributed by atoms with Crippen molar-refractivity contribution in [1.82, 2.24) is 9.97 Å². The summed E-state index contributed by atoms with van der Waals surface area (Å²) in [6, 6.07) is 4.22. The highest BCUT2D eigenvalue weighted by Crippen LogP contribution is 2.14. The molecule has 0 unspecified atom stereocenters. The molecule has 2 rings (SSSR count). The Labute approximate surface area is 108 Å². The highest BCUT2D eigenvalue weighted by molar-refractivity contribution is 5.97. The number of halogens is 2. The number of ether oxygens (including phenoxy) is 1. The lowest BCUT2D eigenvalue weighted by atomic mass is 10.1. The van der Waals surface area contributed by atoms with E-state index in [2.05, 4.69) is 9.97 Å². The van der Waals surface area contributed by atoms with Crippen molar-refractivity contribution in [2.45, 2.75) is 6.42 Å². The van der Waals surface area contributed by atoms with Gasteiger partial charge in [0, 0.05) is 6.07 Å². The van der Waals surface area contributed by atoms with Crippen molar-refractivity contribution in [3.8, 4) is 5.88 Å². The fourth-order valence-corrected chi connectivity index (χ4v) is 1.56. The van der Waals surface area contributed by atoms with Crippen LogP contribution in [0.15, 0.2) is 30.6 Å². The minimum atomic E-state index is -0.757. The topological polar surface area (TPSA) is 52.1 Å². The van der Waals surface area contributed by atoms with E-state index in [1.165, 1.54) is 19.5 Å². The minimum absolute atomic E-state index is 0.154. The summed E-state index contributed by atoms with van der Waals surface area (Å²) in [4.78, 5) is 19.5. The molecule has 4 nitrogen and oxygen atoms in total. The van der Waals surface area contributed by atoms with Crippen molar-refractivity contribution in [3.05, 3.63) is 53.5 Å². The van der Waals surface area contributed by atoms with Crippen LogP contribution in [0.2, 0.25) is 0 Å². The van der Waals surface area contributed by atoms with Crippen LogP contribution in [0.25, 0.3) is 0 Å². The first-order valence-corrected chi connectivity index (χ1v) is 5.43. The third-order valence-corrected chi connectivity index (χ3v) is 2.48. The second-order valence-corrected chi connectivity index (χ2v) is 3.78. The van der Waals surface area contributed by atoms with Crippen LogP contribution >= 0.6 is 0 Å². The van der Waals surface area contributed by atoms with Crippen LogP contribution in [0.1, 0.15) is 16.1 Å². The number of methoxy groups -OCH3 is 1. The van der Waals surface area contributed by atoms with E-state index in [0.717, 1.165) is 18.2 Å². The number of hydrogen-bond acceptors (Lipinski definition) is 4. The lowest BCUT2D eigenvalue weighted by Gasteiger charge is -2.04. The predicted molar refractivity (Wildman–Crippen MR) is 63.0 cm³/mol. The van der Waals surface area contributed by atoms with Crippen molar-refractivity contribution in [2.24, 2.45) is 0 Å². The molecule has 0 atom stereocenters. The SMILES string of the molecule is COc1cc(CC(=O)c2cc(F)ccc2F)ncn1. The molecule has 0 aliphatic rings. The van der Waals surface area contributed by atoms with E-state index in [9.17, 15) is 13.6 Å². The lowest BCUT2D eigenvalue weighted by molar-refractivity contribution is 0.0987. The third-order valence-electron chi connectivity index (χ3n) is 2.48. The van der Waals surface area contributed by atoms with E-state index in [0.29, 0.717) is 11.6 Å². The summed E-state index contributed by atoms with van der Waals surface area (Å²) >= 11 is 0. The fraction of sp³-hybridized carbons (Fsp3) is 0.154. The monoisotopic (exact) mass is 264 g/mol. The Hall–Kier alpha value is -2.37. The summed E-state index contributed by atoms with van der Waals surface area (Å²) in [6.07, 6.45) is 1.09. The second kappa shape index (κ2) is 5.51. The number of aromatic nitrogens is 2. The Morgan fingerprint density at radius 1 is 1.26 bits per heavy atom. The average molecular weight is 264 g/mol. The molecule has 1 aromatic heterocycles. The summed E-state index contributed by atoms with van der Waals surface area (Å²) < 4.78 is 31.3. The normalized spacial score (nSPS) is 10.3. The fourth-order valence-electron chi connectivity index (χ4n) is 1.56. The highest BCUT2D eigenvalue weighted by Gasteiger charge is 2.14. The first-order valence-electron chi connectivity index (χ1n) is 5.43. The zero-order chi connectivity index (χ0) is 13.8. The van der Waals surface area contributed by atoms with E-state index in [-0.39, 0.29) is 12.0 Å². The molecule has 0 bridgehead atoms. The van der Waals surface area contributed by atoms with Gasteiger partial charge in [-0.2, -0.15) is 0 Å². The molecule has 1 aromatic carbocycles. The van der Waals surface area contributed by atoms with Crippen LogP contribution in [0, 0.1) is 11.6 Å². The van der Waals surface area contributed by atoms with Crippen LogP contribution in [0.4, 0.5) is 8.78 Å². The second-order valence-electron chi connectivity index (χ2n) is 3.78. The summed E-state index contributed by atoms with van der Waals surface area (Å²) in [5.41, 5.74) is 0.0816. The zero-order valence-electron chi connectivity index (χ0n) is 10.1. The molecule has 0 fully saturated rings. The Morgan fingerprint density at radius 3 is 2.79 bits per heavy atom. The smallest absolute Gasteiger partial charge is 0.216 e. The molecule has 1 heterocycles. The summed E-state index contributed by atoms with van der Waals surface area (Å²) in [5, 5.41) is 0. The van der Waals surface area contributed by atoms with E-state index < -0.39 is 17.4 Å². The molecular weight excluding hydrogens is 254 g/mol. The standard InChI is InChI=1S/C13H10F2N2O2/c1-19-13-6-9(16-7-17-13)5-12(18)10-4-8(14)2-3-11(10)15/h2-4,6-7H,5H2,1H3. The molecule has 98 valence electrons. The molecule has 0 amide bonds. The number of hydrogen-bond donors (Lipinski definition) is 0. The number of benzene rings is 1. The molecule has 0 saturated heterocycles. The zero-order valence-corrected chi connectivity index (χ0v) is 10.1. The molecule has 0 aliphatic heterocycles. The average Bonchev–Trinajstić information content (AvgIpc) is 2.41. The molecule has 2 aromatic rings. The maximum absolute atomic E-state index is 13.4. The van der Waals surface area contributed by atoms with Gasteiger partial charge in [-0.15, -0.1) is 0 Å². The van der Waals surface area contributed by atoms with Gasteiger partial charge in [-0.1, -0.05) is 0 Å². The van der Waals surface area contributed by atoms with Gasteiger partial charge in [0.1, 0.15) is 18.0 Å². The van der Waals surface area contributed by atoms with Crippen LogP contribution in [-0.2, 0) is 6.42 Å². The number of carbonyl (C=O) groups is 1. The first kappa shape index (κ1) is 13.1. The quantitative estimate of drug-likeness (QED) is 0.794. The number of rotatable bonds is 4. The summed E-state index contributed by atoms with van der Waals surface area (Å²) in [7, 11) is 1.43. The number of nitrogens with zero attached hydrogens (tertiary/aromatic N) is 2. The van der Waals surface area contributed by atoms with E-state index in [1.54, 1.807) is 0 Å².